The van der Waals surface area contributed by atoms with Crippen molar-refractivity contribution in [1.82, 2.24) is 14.9 Å². The van der Waals surface area contributed by atoms with E-state index in [2.05, 4.69) is 20.6 Å². The van der Waals surface area contributed by atoms with Crippen molar-refractivity contribution in [3.05, 3.63) is 35.5 Å². The number of amides is 2. The molecule has 2 amide bonds. The molecule has 188 valence electrons. The number of ether oxygens (including phenoxy) is 1. The Kier molecular flexibility index (Phi) is 6.48. The maximum absolute atomic E-state index is 13.1. The van der Waals surface area contributed by atoms with Crippen LogP contribution in [0.5, 0.6) is 5.75 Å². The first-order valence-electron chi connectivity index (χ1n) is 11.2. The van der Waals surface area contributed by atoms with Crippen molar-refractivity contribution in [2.45, 2.75) is 39.0 Å². The lowest BCUT2D eigenvalue weighted by molar-refractivity contribution is -0.142. The van der Waals surface area contributed by atoms with E-state index in [1.54, 1.807) is 6.92 Å². The Morgan fingerprint density at radius 2 is 1.94 bits per heavy atom. The molecule has 12 heteroatoms. The molecule has 2 aliphatic heterocycles. The molecule has 2 N–H and O–H groups in total. The molecule has 1 fully saturated rings. The molecule has 1 aromatic carbocycles. The monoisotopic (exact) mass is 492 g/mol. The van der Waals surface area contributed by atoms with Crippen molar-refractivity contribution < 1.29 is 27.5 Å². The minimum atomic E-state index is -4.56. The van der Waals surface area contributed by atoms with Crippen LogP contribution in [0, 0.1) is 12.8 Å². The number of benzene rings is 1. The van der Waals surface area contributed by atoms with Gasteiger partial charge in [0.15, 0.2) is 12.4 Å². The van der Waals surface area contributed by atoms with E-state index in [1.807, 2.05) is 25.8 Å². The lowest BCUT2D eigenvalue weighted by Gasteiger charge is -2.40. The number of halogens is 3. The number of carbonyl (C=O) groups excluding carboxylic acids is 2. The maximum atomic E-state index is 13.1. The SMILES string of the molecule is Cc1nc(NC2CN(C(=O)COc3ccccc3C(F)(F)F)C2)nc2c1NC(=O)C(C(C)C)N2C. The summed E-state index contributed by atoms with van der Waals surface area (Å²) in [7, 11) is 1.82. The number of nitrogens with one attached hydrogen (secondary N) is 2. The fourth-order valence-corrected chi connectivity index (χ4v) is 4.29. The Bertz CT molecular complexity index is 1130. The van der Waals surface area contributed by atoms with E-state index in [9.17, 15) is 22.8 Å². The standard InChI is InChI=1S/C23H27F3N6O3/c1-12(2)19-21(34)29-18-13(3)27-22(30-20(18)31(19)4)28-14-9-32(10-14)17(33)11-35-16-8-6-5-7-15(16)23(24,25)26/h5-8,12,14,19H,9-11H2,1-4H3,(H,29,34)(H,27,28,30). The van der Waals surface area contributed by atoms with E-state index < -0.39 is 24.3 Å². The lowest BCUT2D eigenvalue weighted by atomic mass is 9.99. The third-order valence-electron chi connectivity index (χ3n) is 6.08. The number of fused-ring (bicyclic) bond motifs is 1. The van der Waals surface area contributed by atoms with Crippen LogP contribution in [0.2, 0.25) is 0 Å². The van der Waals surface area contributed by atoms with Gasteiger partial charge >= 0.3 is 6.18 Å². The summed E-state index contributed by atoms with van der Waals surface area (Å²) in [6, 6.07) is 4.31. The Hall–Kier alpha value is -3.57. The highest BCUT2D eigenvalue weighted by Crippen LogP contribution is 2.36. The second-order valence-corrected chi connectivity index (χ2v) is 9.04. The molecule has 1 saturated heterocycles. The number of para-hydroxylation sites is 1. The van der Waals surface area contributed by atoms with Crippen molar-refractivity contribution in [2.75, 3.05) is 42.3 Å². The van der Waals surface area contributed by atoms with E-state index in [-0.39, 0.29) is 29.7 Å². The number of anilines is 3. The number of alkyl halides is 3. The van der Waals surface area contributed by atoms with E-state index >= 15 is 0 Å². The van der Waals surface area contributed by atoms with Crippen molar-refractivity contribution >= 4 is 29.3 Å². The molecule has 4 rings (SSSR count). The summed E-state index contributed by atoms with van der Waals surface area (Å²) >= 11 is 0. The topological polar surface area (TPSA) is 99.7 Å². The van der Waals surface area contributed by atoms with Gasteiger partial charge < -0.3 is 25.2 Å². The number of rotatable bonds is 6. The fourth-order valence-electron chi connectivity index (χ4n) is 4.29. The van der Waals surface area contributed by atoms with Crippen LogP contribution in [0.25, 0.3) is 0 Å². The van der Waals surface area contributed by atoms with Crippen LogP contribution in [0.3, 0.4) is 0 Å². The van der Waals surface area contributed by atoms with Crippen LogP contribution in [0.15, 0.2) is 24.3 Å². The van der Waals surface area contributed by atoms with Crippen LogP contribution < -0.4 is 20.3 Å². The number of aromatic nitrogens is 2. The molecular formula is C23H27F3N6O3. The van der Waals surface area contributed by atoms with Crippen molar-refractivity contribution in [3.8, 4) is 5.75 Å². The highest BCUT2D eigenvalue weighted by Gasteiger charge is 2.37. The number of nitrogens with zero attached hydrogens (tertiary/aromatic N) is 4. The normalized spacial score (nSPS) is 18.2. The zero-order valence-electron chi connectivity index (χ0n) is 19.8. The minimum Gasteiger partial charge on any atom is -0.483 e. The Morgan fingerprint density at radius 3 is 2.60 bits per heavy atom. The molecule has 0 spiro atoms. The first-order chi connectivity index (χ1) is 16.5. The van der Waals surface area contributed by atoms with E-state index in [0.717, 1.165) is 6.07 Å². The summed E-state index contributed by atoms with van der Waals surface area (Å²) in [6.07, 6.45) is -4.56. The second-order valence-electron chi connectivity index (χ2n) is 9.04. The minimum absolute atomic E-state index is 0.0800. The highest BCUT2D eigenvalue weighted by molar-refractivity contribution is 6.03. The summed E-state index contributed by atoms with van der Waals surface area (Å²) in [5.74, 6) is 0.177. The van der Waals surface area contributed by atoms with E-state index in [0.29, 0.717) is 36.2 Å². The second kappa shape index (κ2) is 9.23. The van der Waals surface area contributed by atoms with Gasteiger partial charge in [0.05, 0.1) is 17.3 Å². The molecule has 2 aromatic rings. The van der Waals surface area contributed by atoms with Crippen molar-refractivity contribution in [3.63, 3.8) is 0 Å². The molecule has 0 radical (unpaired) electrons. The zero-order chi connectivity index (χ0) is 25.5. The first kappa shape index (κ1) is 24.6. The highest BCUT2D eigenvalue weighted by atomic mass is 19.4. The third-order valence-corrected chi connectivity index (χ3v) is 6.08. The summed E-state index contributed by atoms with van der Waals surface area (Å²) in [5, 5.41) is 6.08. The van der Waals surface area contributed by atoms with Gasteiger partial charge in [0.25, 0.3) is 5.91 Å². The Balaban J connectivity index is 1.35. The number of likely N-dealkylation sites (tertiary alicyclic amines) is 1. The molecule has 35 heavy (non-hydrogen) atoms. The van der Waals surface area contributed by atoms with Crippen LogP contribution in [0.1, 0.15) is 25.1 Å². The van der Waals surface area contributed by atoms with Gasteiger partial charge in [0.2, 0.25) is 11.9 Å². The maximum Gasteiger partial charge on any atom is 0.419 e. The average Bonchev–Trinajstić information content (AvgIpc) is 2.74. The van der Waals surface area contributed by atoms with E-state index in [4.69, 9.17) is 4.74 Å². The van der Waals surface area contributed by atoms with Gasteiger partial charge in [-0.1, -0.05) is 26.0 Å². The number of hydrogen-bond donors (Lipinski definition) is 2. The van der Waals surface area contributed by atoms with Crippen LogP contribution in [-0.2, 0) is 15.8 Å². The predicted molar refractivity (Wildman–Crippen MR) is 123 cm³/mol. The number of aryl methyl sites for hydroxylation is 1. The van der Waals surface area contributed by atoms with Crippen LogP contribution in [0.4, 0.5) is 30.6 Å². The summed E-state index contributed by atoms with van der Waals surface area (Å²) < 4.78 is 44.4. The zero-order valence-corrected chi connectivity index (χ0v) is 19.8. The Labute approximate surface area is 200 Å². The largest absolute Gasteiger partial charge is 0.483 e. The number of likely N-dealkylation sites (N-methyl/N-ethyl adjacent to an activating group) is 1. The molecule has 1 atom stereocenters. The van der Waals surface area contributed by atoms with Gasteiger partial charge in [-0.3, -0.25) is 9.59 Å². The molecule has 2 aliphatic rings. The molecular weight excluding hydrogens is 465 g/mol. The van der Waals surface area contributed by atoms with Gasteiger partial charge in [0, 0.05) is 20.1 Å². The molecule has 3 heterocycles. The smallest absolute Gasteiger partial charge is 0.419 e. The van der Waals surface area contributed by atoms with Gasteiger partial charge in [-0.2, -0.15) is 18.2 Å². The molecule has 0 aliphatic carbocycles. The van der Waals surface area contributed by atoms with E-state index in [1.165, 1.54) is 23.1 Å². The van der Waals surface area contributed by atoms with Gasteiger partial charge in [0.1, 0.15) is 17.5 Å². The summed E-state index contributed by atoms with van der Waals surface area (Å²) in [5.41, 5.74) is 0.266. The van der Waals surface area contributed by atoms with Crippen LogP contribution >= 0.6 is 0 Å². The molecule has 1 aromatic heterocycles. The third kappa shape index (κ3) is 4.96. The Morgan fingerprint density at radius 1 is 1.26 bits per heavy atom. The molecule has 9 nitrogen and oxygen atoms in total. The number of carbonyl (C=O) groups is 2. The van der Waals surface area contributed by atoms with Gasteiger partial charge in [-0.25, -0.2) is 4.98 Å². The van der Waals surface area contributed by atoms with Crippen molar-refractivity contribution in [1.29, 1.82) is 0 Å². The quantitative estimate of drug-likeness (QED) is 0.640. The van der Waals surface area contributed by atoms with Crippen molar-refractivity contribution in [2.24, 2.45) is 5.92 Å². The first-order valence-corrected chi connectivity index (χ1v) is 11.2. The molecule has 0 bridgehead atoms. The number of hydrogen-bond acceptors (Lipinski definition) is 7. The fraction of sp³-hybridized carbons (Fsp3) is 0.478. The van der Waals surface area contributed by atoms with Gasteiger partial charge in [-0.15, -0.1) is 0 Å². The molecule has 1 unspecified atom stereocenters. The predicted octanol–water partition coefficient (Wildman–Crippen LogP) is 2.92. The summed E-state index contributed by atoms with van der Waals surface area (Å²) in [4.78, 5) is 37.2. The van der Waals surface area contributed by atoms with Crippen LogP contribution in [-0.4, -0.2) is 65.5 Å². The molecule has 0 saturated carbocycles. The average molecular weight is 493 g/mol. The summed E-state index contributed by atoms with van der Waals surface area (Å²) in [6.45, 7) is 5.89. The van der Waals surface area contributed by atoms with Gasteiger partial charge in [-0.05, 0) is 25.0 Å². The lowest BCUT2D eigenvalue weighted by Crippen LogP contribution is -2.58.